The Bertz CT molecular complexity index is 870. The van der Waals surface area contributed by atoms with Crippen molar-refractivity contribution in [2.75, 3.05) is 5.32 Å². The van der Waals surface area contributed by atoms with Gasteiger partial charge in [-0.1, -0.05) is 44.5 Å². The van der Waals surface area contributed by atoms with Gasteiger partial charge in [0, 0.05) is 17.6 Å². The third-order valence-corrected chi connectivity index (χ3v) is 6.81. The number of para-hydroxylation sites is 1. The van der Waals surface area contributed by atoms with Gasteiger partial charge in [0.05, 0.1) is 22.5 Å². The monoisotopic (exact) mass is 403 g/mol. The van der Waals surface area contributed by atoms with E-state index in [-0.39, 0.29) is 29.8 Å². The molecule has 5 atom stereocenters. The summed E-state index contributed by atoms with van der Waals surface area (Å²) in [6.45, 7) is 7.99. The van der Waals surface area contributed by atoms with Crippen LogP contribution in [0.5, 0.6) is 0 Å². The lowest BCUT2D eigenvalue weighted by atomic mass is 9.76. The van der Waals surface area contributed by atoms with Crippen LogP contribution >= 0.6 is 11.6 Å². The van der Waals surface area contributed by atoms with Crippen molar-refractivity contribution in [1.82, 2.24) is 10.2 Å². The summed E-state index contributed by atoms with van der Waals surface area (Å²) in [6, 6.07) is 4.88. The summed E-state index contributed by atoms with van der Waals surface area (Å²) < 4.78 is 0. The number of imide groups is 1. The molecule has 0 bridgehead atoms. The first-order valence-electron chi connectivity index (χ1n) is 9.99. The third-order valence-electron chi connectivity index (χ3n) is 6.49. The maximum absolute atomic E-state index is 13.5. The first-order chi connectivity index (χ1) is 13.2. The van der Waals surface area contributed by atoms with Gasteiger partial charge in [-0.25, -0.2) is 0 Å². The van der Waals surface area contributed by atoms with Crippen LogP contribution in [0.3, 0.4) is 0 Å². The van der Waals surface area contributed by atoms with Gasteiger partial charge in [-0.15, -0.1) is 0 Å². The van der Waals surface area contributed by atoms with Gasteiger partial charge in [-0.05, 0) is 31.7 Å². The number of halogens is 1. The van der Waals surface area contributed by atoms with Gasteiger partial charge in [-0.2, -0.15) is 0 Å². The highest BCUT2D eigenvalue weighted by Gasteiger charge is 2.70. The molecule has 7 heteroatoms. The maximum atomic E-state index is 13.5. The summed E-state index contributed by atoms with van der Waals surface area (Å²) in [5, 5.41) is 6.73. The van der Waals surface area contributed by atoms with Crippen molar-refractivity contribution >= 4 is 35.0 Å². The Morgan fingerprint density at radius 2 is 1.89 bits per heavy atom. The molecule has 2 fully saturated rings. The molecular weight excluding hydrogens is 378 g/mol. The lowest BCUT2D eigenvalue weighted by molar-refractivity contribution is -0.145. The van der Waals surface area contributed by atoms with Crippen molar-refractivity contribution in [1.29, 1.82) is 0 Å². The van der Waals surface area contributed by atoms with Gasteiger partial charge in [0.1, 0.15) is 5.54 Å². The minimum Gasteiger partial charge on any atom is -0.323 e. The van der Waals surface area contributed by atoms with Gasteiger partial charge in [0.2, 0.25) is 17.7 Å². The predicted octanol–water partition coefficient (Wildman–Crippen LogP) is 2.91. The fraction of sp³-hybridized carbons (Fsp3) is 0.571. The number of anilines is 1. The number of fused-ring (bicyclic) bond motifs is 4. The van der Waals surface area contributed by atoms with Crippen LogP contribution in [0, 0.1) is 17.8 Å². The third kappa shape index (κ3) is 2.40. The Hall–Kier alpha value is -1.92. The van der Waals surface area contributed by atoms with Crippen LogP contribution in [-0.4, -0.2) is 34.7 Å². The summed E-state index contributed by atoms with van der Waals surface area (Å²) in [7, 11) is 0. The average molecular weight is 404 g/mol. The molecule has 0 aromatic heterocycles. The number of nitrogens with one attached hydrogen (secondary N) is 2. The zero-order valence-electron chi connectivity index (χ0n) is 16.6. The minimum atomic E-state index is -1.25. The van der Waals surface area contributed by atoms with E-state index in [0.29, 0.717) is 35.0 Å². The van der Waals surface area contributed by atoms with E-state index in [2.05, 4.69) is 24.5 Å². The molecule has 6 nitrogen and oxygen atoms in total. The van der Waals surface area contributed by atoms with Crippen molar-refractivity contribution in [2.45, 2.75) is 58.2 Å². The van der Waals surface area contributed by atoms with Crippen LogP contribution < -0.4 is 10.6 Å². The summed E-state index contributed by atoms with van der Waals surface area (Å²) in [4.78, 5) is 41.5. The first-order valence-corrected chi connectivity index (χ1v) is 10.4. The number of carbonyl (C=O) groups excluding carboxylic acids is 3. The Balaban J connectivity index is 1.89. The van der Waals surface area contributed by atoms with E-state index < -0.39 is 17.4 Å². The van der Waals surface area contributed by atoms with Gasteiger partial charge < -0.3 is 5.32 Å². The fourth-order valence-corrected chi connectivity index (χ4v) is 5.36. The molecule has 1 spiro atoms. The number of benzene rings is 1. The molecule has 5 unspecified atom stereocenters. The van der Waals surface area contributed by atoms with E-state index >= 15 is 0 Å². The molecule has 3 amide bonds. The minimum absolute atomic E-state index is 0.164. The van der Waals surface area contributed by atoms with Crippen molar-refractivity contribution in [3.05, 3.63) is 28.8 Å². The van der Waals surface area contributed by atoms with Gasteiger partial charge in [-0.3, -0.25) is 24.6 Å². The van der Waals surface area contributed by atoms with E-state index in [1.807, 2.05) is 19.9 Å². The number of hydrogen-bond donors (Lipinski definition) is 2. The SMILES string of the molecule is CCC(C)N1C(=O)C2C(CC(C)C)NC3(C(=O)Nc4c(Cl)cccc43)C2C1=O. The molecule has 1 aromatic rings. The smallest absolute Gasteiger partial charge is 0.250 e. The van der Waals surface area contributed by atoms with Gasteiger partial charge in [0.15, 0.2) is 0 Å². The normalized spacial score (nSPS) is 32.3. The summed E-state index contributed by atoms with van der Waals surface area (Å²) in [6.07, 6.45) is 1.39. The van der Waals surface area contributed by atoms with Crippen molar-refractivity contribution in [2.24, 2.45) is 17.8 Å². The highest BCUT2D eigenvalue weighted by Crippen LogP contribution is 2.55. The Morgan fingerprint density at radius 3 is 2.54 bits per heavy atom. The van der Waals surface area contributed by atoms with Crippen molar-refractivity contribution < 1.29 is 14.4 Å². The molecule has 4 rings (SSSR count). The highest BCUT2D eigenvalue weighted by molar-refractivity contribution is 6.35. The van der Waals surface area contributed by atoms with E-state index in [0.717, 1.165) is 0 Å². The lowest BCUT2D eigenvalue weighted by Crippen LogP contribution is -2.54. The quantitative estimate of drug-likeness (QED) is 0.757. The molecule has 0 aliphatic carbocycles. The second-order valence-corrected chi connectivity index (χ2v) is 9.02. The molecule has 3 aliphatic rings. The molecular formula is C21H26ClN3O3. The van der Waals surface area contributed by atoms with Crippen LogP contribution in [0.4, 0.5) is 5.69 Å². The van der Waals surface area contributed by atoms with E-state index in [4.69, 9.17) is 11.6 Å². The van der Waals surface area contributed by atoms with Crippen molar-refractivity contribution in [3.8, 4) is 0 Å². The summed E-state index contributed by atoms with van der Waals surface area (Å²) >= 11 is 6.32. The Morgan fingerprint density at radius 1 is 1.18 bits per heavy atom. The Kier molecular flexibility index (Phi) is 4.55. The molecule has 28 heavy (non-hydrogen) atoms. The number of carbonyl (C=O) groups is 3. The predicted molar refractivity (Wildman–Crippen MR) is 107 cm³/mol. The molecule has 2 saturated heterocycles. The van der Waals surface area contributed by atoms with E-state index in [9.17, 15) is 14.4 Å². The molecule has 1 aromatic carbocycles. The van der Waals surface area contributed by atoms with Crippen LogP contribution in [0.25, 0.3) is 0 Å². The second kappa shape index (κ2) is 6.56. The first kappa shape index (κ1) is 19.4. The topological polar surface area (TPSA) is 78.5 Å². The van der Waals surface area contributed by atoms with Crippen molar-refractivity contribution in [3.63, 3.8) is 0 Å². The number of rotatable bonds is 4. The van der Waals surface area contributed by atoms with E-state index in [1.165, 1.54) is 4.90 Å². The number of amides is 3. The standard InChI is InChI=1S/C21H26ClN3O3/c1-5-11(4)25-18(26)15-14(9-10(2)3)24-21(16(15)19(25)27)12-7-6-8-13(22)17(12)23-20(21)28/h6-8,10-11,14-16,24H,5,9H2,1-4H3,(H,23,28). The van der Waals surface area contributed by atoms with Gasteiger partial charge in [0.25, 0.3) is 0 Å². The zero-order chi connectivity index (χ0) is 20.4. The molecule has 0 saturated carbocycles. The van der Waals surface area contributed by atoms with E-state index in [1.54, 1.807) is 12.1 Å². The van der Waals surface area contributed by atoms with Crippen LogP contribution in [0.2, 0.25) is 5.02 Å². The van der Waals surface area contributed by atoms with Crippen LogP contribution in [0.1, 0.15) is 46.1 Å². The Labute approximate surface area is 170 Å². The summed E-state index contributed by atoms with van der Waals surface area (Å²) in [5.74, 6) is -1.70. The van der Waals surface area contributed by atoms with Crippen LogP contribution in [0.15, 0.2) is 18.2 Å². The maximum Gasteiger partial charge on any atom is 0.250 e. The fourth-order valence-electron chi connectivity index (χ4n) is 5.14. The number of nitrogens with zero attached hydrogens (tertiary/aromatic N) is 1. The average Bonchev–Trinajstić information content (AvgIpc) is 3.21. The highest BCUT2D eigenvalue weighted by atomic mass is 35.5. The van der Waals surface area contributed by atoms with Gasteiger partial charge >= 0.3 is 0 Å². The number of likely N-dealkylation sites (tertiary alicyclic amines) is 1. The lowest BCUT2D eigenvalue weighted by Gasteiger charge is -2.31. The second-order valence-electron chi connectivity index (χ2n) is 8.61. The zero-order valence-corrected chi connectivity index (χ0v) is 17.3. The molecule has 3 aliphatic heterocycles. The molecule has 3 heterocycles. The van der Waals surface area contributed by atoms with Crippen LogP contribution in [-0.2, 0) is 19.9 Å². The molecule has 150 valence electrons. The molecule has 0 radical (unpaired) electrons. The molecule has 2 N–H and O–H groups in total. The largest absolute Gasteiger partial charge is 0.323 e. The summed E-state index contributed by atoms with van der Waals surface area (Å²) in [5.41, 5.74) is -0.0503. The number of hydrogen-bond acceptors (Lipinski definition) is 4.